The van der Waals surface area contributed by atoms with Gasteiger partial charge in [0, 0.05) is 19.2 Å². The molecule has 1 amide bonds. The molecule has 1 aromatic carbocycles. The van der Waals surface area contributed by atoms with E-state index in [2.05, 4.69) is 0 Å². The van der Waals surface area contributed by atoms with Crippen molar-refractivity contribution in [1.82, 2.24) is 4.90 Å². The SMILES string of the molecule is CC(C)(C)OC(=O)N1CC=C(c2c([N+](=O)[O-])ccc(F)c2F)CC1. The Morgan fingerprint density at radius 2 is 2.00 bits per heavy atom. The first kappa shape index (κ1) is 17.8. The van der Waals surface area contributed by atoms with Crippen LogP contribution in [0.3, 0.4) is 0 Å². The Balaban J connectivity index is 2.26. The number of nitrogens with zero attached hydrogens (tertiary/aromatic N) is 2. The first-order valence-electron chi connectivity index (χ1n) is 7.40. The fourth-order valence-corrected chi connectivity index (χ4v) is 2.39. The number of carbonyl (C=O) groups is 1. The van der Waals surface area contributed by atoms with Crippen LogP contribution in [0.15, 0.2) is 18.2 Å². The van der Waals surface area contributed by atoms with Gasteiger partial charge in [-0.25, -0.2) is 13.6 Å². The van der Waals surface area contributed by atoms with Crippen molar-refractivity contribution in [3.63, 3.8) is 0 Å². The van der Waals surface area contributed by atoms with Gasteiger partial charge in [0.25, 0.3) is 5.69 Å². The molecule has 0 aromatic heterocycles. The average Bonchev–Trinajstić information content (AvgIpc) is 2.48. The van der Waals surface area contributed by atoms with E-state index in [9.17, 15) is 23.7 Å². The number of amides is 1. The Bertz CT molecular complexity index is 711. The smallest absolute Gasteiger partial charge is 0.410 e. The summed E-state index contributed by atoms with van der Waals surface area (Å²) in [5, 5.41) is 11.1. The third-order valence-corrected chi connectivity index (χ3v) is 3.45. The first-order valence-corrected chi connectivity index (χ1v) is 7.40. The Morgan fingerprint density at radius 1 is 1.33 bits per heavy atom. The minimum Gasteiger partial charge on any atom is -0.444 e. The largest absolute Gasteiger partial charge is 0.444 e. The normalized spacial score (nSPS) is 15.0. The van der Waals surface area contributed by atoms with Crippen LogP contribution in [0.1, 0.15) is 32.8 Å². The molecule has 130 valence electrons. The first-order chi connectivity index (χ1) is 11.1. The molecule has 0 bridgehead atoms. The second-order valence-electron chi connectivity index (χ2n) is 6.42. The summed E-state index contributed by atoms with van der Waals surface area (Å²) < 4.78 is 32.8. The number of hydrogen-bond acceptors (Lipinski definition) is 4. The number of benzene rings is 1. The number of rotatable bonds is 2. The summed E-state index contributed by atoms with van der Waals surface area (Å²) in [7, 11) is 0. The predicted molar refractivity (Wildman–Crippen MR) is 83.4 cm³/mol. The van der Waals surface area contributed by atoms with Crippen molar-refractivity contribution in [3.05, 3.63) is 45.5 Å². The number of nitro groups is 1. The van der Waals surface area contributed by atoms with Gasteiger partial charge in [0.2, 0.25) is 0 Å². The lowest BCUT2D eigenvalue weighted by atomic mass is 9.97. The van der Waals surface area contributed by atoms with Crippen LogP contribution in [0.5, 0.6) is 0 Å². The molecule has 1 aliphatic heterocycles. The molecule has 2 rings (SSSR count). The van der Waals surface area contributed by atoms with Crippen LogP contribution in [0, 0.1) is 21.7 Å². The summed E-state index contributed by atoms with van der Waals surface area (Å²) in [6, 6.07) is 1.67. The van der Waals surface area contributed by atoms with Crippen molar-refractivity contribution in [2.75, 3.05) is 13.1 Å². The number of hydrogen-bond donors (Lipinski definition) is 0. The van der Waals surface area contributed by atoms with E-state index in [1.54, 1.807) is 20.8 Å². The van der Waals surface area contributed by atoms with Crippen LogP contribution >= 0.6 is 0 Å². The van der Waals surface area contributed by atoms with Crippen LogP contribution in [0.4, 0.5) is 19.3 Å². The maximum Gasteiger partial charge on any atom is 0.410 e. The zero-order valence-electron chi connectivity index (χ0n) is 13.6. The second kappa shape index (κ2) is 6.54. The summed E-state index contributed by atoms with van der Waals surface area (Å²) in [5.74, 6) is -2.40. The lowest BCUT2D eigenvalue weighted by Gasteiger charge is -2.29. The molecule has 1 aromatic rings. The molecule has 0 fully saturated rings. The highest BCUT2D eigenvalue weighted by Crippen LogP contribution is 2.33. The van der Waals surface area contributed by atoms with Crippen LogP contribution in [-0.2, 0) is 4.74 Å². The molecular weight excluding hydrogens is 322 g/mol. The highest BCUT2D eigenvalue weighted by Gasteiger charge is 2.29. The molecule has 0 unspecified atom stereocenters. The molecule has 0 saturated carbocycles. The Hall–Kier alpha value is -2.51. The predicted octanol–water partition coefficient (Wildman–Crippen LogP) is 3.90. The highest BCUT2D eigenvalue weighted by atomic mass is 19.2. The van der Waals surface area contributed by atoms with E-state index < -0.39 is 33.9 Å². The molecule has 0 N–H and O–H groups in total. The molecule has 0 radical (unpaired) electrons. The Labute approximate surface area is 137 Å². The van der Waals surface area contributed by atoms with Crippen molar-refractivity contribution in [3.8, 4) is 0 Å². The number of ether oxygens (including phenoxy) is 1. The van der Waals surface area contributed by atoms with Gasteiger partial charge in [0.05, 0.1) is 10.5 Å². The fraction of sp³-hybridized carbons (Fsp3) is 0.438. The summed E-state index contributed by atoms with van der Waals surface area (Å²) in [6.45, 7) is 5.52. The summed E-state index contributed by atoms with van der Waals surface area (Å²) in [6.07, 6.45) is 1.13. The lowest BCUT2D eigenvalue weighted by molar-refractivity contribution is -0.385. The molecule has 24 heavy (non-hydrogen) atoms. The van der Waals surface area contributed by atoms with E-state index in [-0.39, 0.29) is 25.1 Å². The Morgan fingerprint density at radius 3 is 2.50 bits per heavy atom. The van der Waals surface area contributed by atoms with Crippen molar-refractivity contribution < 1.29 is 23.2 Å². The zero-order chi connectivity index (χ0) is 18.1. The van der Waals surface area contributed by atoms with Crippen molar-refractivity contribution >= 4 is 17.4 Å². The van der Waals surface area contributed by atoms with Crippen molar-refractivity contribution in [2.45, 2.75) is 32.8 Å². The van der Waals surface area contributed by atoms with Crippen molar-refractivity contribution in [2.24, 2.45) is 0 Å². The number of nitro benzene ring substituents is 1. The maximum absolute atomic E-state index is 14.1. The third kappa shape index (κ3) is 3.87. The molecule has 1 aliphatic rings. The monoisotopic (exact) mass is 340 g/mol. The van der Waals surface area contributed by atoms with Gasteiger partial charge in [-0.2, -0.15) is 0 Å². The quantitative estimate of drug-likeness (QED) is 0.605. The van der Waals surface area contributed by atoms with Gasteiger partial charge in [0.1, 0.15) is 5.60 Å². The van der Waals surface area contributed by atoms with Gasteiger partial charge < -0.3 is 9.64 Å². The second-order valence-corrected chi connectivity index (χ2v) is 6.42. The van der Waals surface area contributed by atoms with Crippen LogP contribution in [-0.4, -0.2) is 34.6 Å². The average molecular weight is 340 g/mol. The minimum atomic E-state index is -1.25. The fourth-order valence-electron chi connectivity index (χ4n) is 2.39. The summed E-state index contributed by atoms with van der Waals surface area (Å²) >= 11 is 0. The molecule has 0 atom stereocenters. The summed E-state index contributed by atoms with van der Waals surface area (Å²) in [5.41, 5.74) is -1.19. The van der Waals surface area contributed by atoms with E-state index in [4.69, 9.17) is 4.74 Å². The standard InChI is InChI=1S/C16H18F2N2O4/c1-16(2,3)24-15(21)19-8-6-10(7-9-19)13-12(20(22)23)5-4-11(17)14(13)18/h4-6H,7-9H2,1-3H3. The van der Waals surface area contributed by atoms with E-state index in [0.29, 0.717) is 5.57 Å². The minimum absolute atomic E-state index is 0.108. The molecule has 0 aliphatic carbocycles. The number of halogens is 2. The van der Waals surface area contributed by atoms with Gasteiger partial charge in [0.15, 0.2) is 11.6 Å². The molecule has 1 heterocycles. The zero-order valence-corrected chi connectivity index (χ0v) is 13.6. The van der Waals surface area contributed by atoms with Crippen LogP contribution in [0.2, 0.25) is 0 Å². The molecule has 6 nitrogen and oxygen atoms in total. The maximum atomic E-state index is 14.1. The van der Waals surface area contributed by atoms with Gasteiger partial charge >= 0.3 is 6.09 Å². The highest BCUT2D eigenvalue weighted by molar-refractivity contribution is 5.76. The van der Waals surface area contributed by atoms with E-state index >= 15 is 0 Å². The van der Waals surface area contributed by atoms with E-state index in [0.717, 1.165) is 12.1 Å². The molecule has 0 saturated heterocycles. The van der Waals surface area contributed by atoms with E-state index in [1.165, 1.54) is 11.0 Å². The topological polar surface area (TPSA) is 72.7 Å². The molecule has 0 spiro atoms. The van der Waals surface area contributed by atoms with Gasteiger partial charge in [-0.05, 0) is 38.8 Å². The van der Waals surface area contributed by atoms with Gasteiger partial charge in [-0.15, -0.1) is 0 Å². The molecular formula is C16H18F2N2O4. The van der Waals surface area contributed by atoms with E-state index in [1.807, 2.05) is 0 Å². The van der Waals surface area contributed by atoms with Crippen molar-refractivity contribution in [1.29, 1.82) is 0 Å². The summed E-state index contributed by atoms with van der Waals surface area (Å²) in [4.78, 5) is 23.7. The Kier molecular flexibility index (Phi) is 4.86. The van der Waals surface area contributed by atoms with Gasteiger partial charge in [-0.1, -0.05) is 6.08 Å². The van der Waals surface area contributed by atoms with Crippen LogP contribution in [0.25, 0.3) is 5.57 Å². The van der Waals surface area contributed by atoms with Gasteiger partial charge in [-0.3, -0.25) is 10.1 Å². The molecule has 8 heteroatoms. The van der Waals surface area contributed by atoms with Crippen LogP contribution < -0.4 is 0 Å². The number of carbonyl (C=O) groups excluding carboxylic acids is 1. The lowest BCUT2D eigenvalue weighted by Crippen LogP contribution is -2.39. The third-order valence-electron chi connectivity index (χ3n) is 3.45.